The average molecular weight is 470 g/mol. The number of methoxy groups -OCH3 is 1. The van der Waals surface area contributed by atoms with E-state index in [0.29, 0.717) is 17.0 Å². The number of hydrogen-bond acceptors (Lipinski definition) is 5. The number of fused-ring (bicyclic) bond motifs is 1. The van der Waals surface area contributed by atoms with E-state index < -0.39 is 0 Å². The fourth-order valence-corrected chi connectivity index (χ4v) is 5.08. The van der Waals surface area contributed by atoms with E-state index in [4.69, 9.17) is 4.74 Å². The molecular weight excluding hydrogens is 438 g/mol. The van der Waals surface area contributed by atoms with Crippen LogP contribution in [-0.2, 0) is 6.54 Å². The summed E-state index contributed by atoms with van der Waals surface area (Å²) >= 11 is 0. The number of anilines is 1. The maximum Gasteiger partial charge on any atom is 0.263 e. The molecule has 2 amide bonds. The highest BCUT2D eigenvalue weighted by Gasteiger charge is 2.38. The van der Waals surface area contributed by atoms with Gasteiger partial charge in [0.15, 0.2) is 0 Å². The number of carbonyl (C=O) groups is 2. The van der Waals surface area contributed by atoms with Crippen LogP contribution in [0.3, 0.4) is 0 Å². The summed E-state index contributed by atoms with van der Waals surface area (Å²) in [5.74, 6) is 0.777. The van der Waals surface area contributed by atoms with E-state index in [2.05, 4.69) is 47.1 Å². The van der Waals surface area contributed by atoms with Gasteiger partial charge in [0.25, 0.3) is 11.8 Å². The molecule has 2 aliphatic heterocycles. The molecule has 0 aromatic heterocycles. The summed E-state index contributed by atoms with van der Waals surface area (Å²) in [6, 6.07) is 23.7. The monoisotopic (exact) mass is 469 g/mol. The molecule has 0 radical (unpaired) electrons. The molecule has 0 bridgehead atoms. The Morgan fingerprint density at radius 2 is 1.54 bits per heavy atom. The molecular formula is C29H31N3O3. The molecule has 3 aromatic rings. The minimum Gasteiger partial charge on any atom is -0.497 e. The first kappa shape index (κ1) is 23.1. The van der Waals surface area contributed by atoms with Gasteiger partial charge in [0.05, 0.1) is 30.5 Å². The minimum absolute atomic E-state index is 0.212. The third-order valence-electron chi connectivity index (χ3n) is 7.09. The summed E-state index contributed by atoms with van der Waals surface area (Å²) in [5, 5.41) is 0. The van der Waals surface area contributed by atoms with E-state index in [9.17, 15) is 9.59 Å². The van der Waals surface area contributed by atoms with Gasteiger partial charge in [-0.1, -0.05) is 55.5 Å². The van der Waals surface area contributed by atoms with E-state index in [0.717, 1.165) is 49.7 Å². The van der Waals surface area contributed by atoms with Crippen LogP contribution in [0.4, 0.5) is 5.69 Å². The molecule has 180 valence electrons. The summed E-state index contributed by atoms with van der Waals surface area (Å²) in [6.45, 7) is 7.05. The number of imide groups is 1. The van der Waals surface area contributed by atoms with E-state index in [-0.39, 0.29) is 18.4 Å². The van der Waals surface area contributed by atoms with Crippen LogP contribution in [0.1, 0.15) is 44.7 Å². The molecule has 0 aliphatic carbocycles. The summed E-state index contributed by atoms with van der Waals surface area (Å²) in [6.07, 6.45) is 0. The Labute approximate surface area is 206 Å². The standard InChI is InChI=1S/C29H31N3O3/c1-21(23-7-4-3-5-8-23)19-30-15-17-31(18-16-30)26-10-6-9-25-27(26)29(34)32(28(25)33)20-22-11-13-24(35-2)14-12-22/h3-14,21H,15-20H2,1-2H3/t21-/m0/s1. The van der Waals surface area contributed by atoms with Crippen molar-refractivity contribution in [2.45, 2.75) is 19.4 Å². The van der Waals surface area contributed by atoms with Gasteiger partial charge in [-0.15, -0.1) is 0 Å². The molecule has 0 saturated carbocycles. The highest BCUT2D eigenvalue weighted by atomic mass is 16.5. The molecule has 0 unspecified atom stereocenters. The van der Waals surface area contributed by atoms with Crippen molar-refractivity contribution in [3.63, 3.8) is 0 Å². The van der Waals surface area contributed by atoms with Crippen molar-refractivity contribution < 1.29 is 14.3 Å². The number of piperazine rings is 1. The first-order valence-electron chi connectivity index (χ1n) is 12.2. The lowest BCUT2D eigenvalue weighted by Crippen LogP contribution is -2.47. The third kappa shape index (κ3) is 4.66. The Hall–Kier alpha value is -3.64. The summed E-state index contributed by atoms with van der Waals surface area (Å²) in [7, 11) is 1.62. The predicted molar refractivity (Wildman–Crippen MR) is 137 cm³/mol. The van der Waals surface area contributed by atoms with Crippen LogP contribution in [-0.4, -0.2) is 61.4 Å². The predicted octanol–water partition coefficient (Wildman–Crippen LogP) is 4.42. The molecule has 0 spiro atoms. The van der Waals surface area contributed by atoms with Gasteiger partial charge >= 0.3 is 0 Å². The second-order valence-electron chi connectivity index (χ2n) is 9.34. The van der Waals surface area contributed by atoms with Gasteiger partial charge in [0, 0.05) is 32.7 Å². The normalized spacial score (nSPS) is 17.0. The van der Waals surface area contributed by atoms with Crippen molar-refractivity contribution >= 4 is 17.5 Å². The maximum absolute atomic E-state index is 13.4. The van der Waals surface area contributed by atoms with Crippen molar-refractivity contribution in [3.05, 3.63) is 95.1 Å². The zero-order valence-corrected chi connectivity index (χ0v) is 20.3. The molecule has 2 aliphatic rings. The number of ether oxygens (including phenoxy) is 1. The second-order valence-corrected chi connectivity index (χ2v) is 9.34. The molecule has 0 N–H and O–H groups in total. The molecule has 6 nitrogen and oxygen atoms in total. The molecule has 1 atom stereocenters. The number of carbonyl (C=O) groups excluding carboxylic acids is 2. The minimum atomic E-state index is -0.224. The van der Waals surface area contributed by atoms with Gasteiger partial charge in [-0.2, -0.15) is 0 Å². The number of nitrogens with zero attached hydrogens (tertiary/aromatic N) is 3. The highest BCUT2D eigenvalue weighted by Crippen LogP contribution is 2.33. The van der Waals surface area contributed by atoms with Crippen LogP contribution in [0.2, 0.25) is 0 Å². The molecule has 6 heteroatoms. The van der Waals surface area contributed by atoms with Gasteiger partial charge < -0.3 is 9.64 Å². The van der Waals surface area contributed by atoms with Crippen molar-refractivity contribution in [1.29, 1.82) is 0 Å². The first-order chi connectivity index (χ1) is 17.0. The number of benzene rings is 3. The fourth-order valence-electron chi connectivity index (χ4n) is 5.08. The van der Waals surface area contributed by atoms with Crippen LogP contribution in [0, 0.1) is 0 Å². The lowest BCUT2D eigenvalue weighted by molar-refractivity contribution is 0.0642. The van der Waals surface area contributed by atoms with Crippen molar-refractivity contribution in [3.8, 4) is 5.75 Å². The van der Waals surface area contributed by atoms with Gasteiger partial charge in [-0.05, 0) is 41.3 Å². The first-order valence-corrected chi connectivity index (χ1v) is 12.2. The Kier molecular flexibility index (Phi) is 6.55. The molecule has 3 aromatic carbocycles. The Morgan fingerprint density at radius 3 is 2.23 bits per heavy atom. The summed E-state index contributed by atoms with van der Waals surface area (Å²) < 4.78 is 5.21. The van der Waals surface area contributed by atoms with Crippen molar-refractivity contribution in [2.24, 2.45) is 0 Å². The zero-order chi connectivity index (χ0) is 24.4. The Morgan fingerprint density at radius 1 is 0.829 bits per heavy atom. The SMILES string of the molecule is COc1ccc(CN2C(=O)c3cccc(N4CCN(C[C@H](C)c5ccccc5)CC4)c3C2=O)cc1. The summed E-state index contributed by atoms with van der Waals surface area (Å²) in [5.41, 5.74) is 4.16. The molecule has 2 heterocycles. The van der Waals surface area contributed by atoms with E-state index in [1.807, 2.05) is 36.4 Å². The van der Waals surface area contributed by atoms with E-state index >= 15 is 0 Å². The average Bonchev–Trinajstić information content (AvgIpc) is 3.15. The van der Waals surface area contributed by atoms with Crippen LogP contribution >= 0.6 is 0 Å². The number of rotatable bonds is 7. The molecule has 35 heavy (non-hydrogen) atoms. The van der Waals surface area contributed by atoms with Crippen molar-refractivity contribution in [1.82, 2.24) is 9.80 Å². The van der Waals surface area contributed by atoms with Crippen molar-refractivity contribution in [2.75, 3.05) is 44.7 Å². The smallest absolute Gasteiger partial charge is 0.263 e. The zero-order valence-electron chi connectivity index (χ0n) is 20.3. The topological polar surface area (TPSA) is 53.1 Å². The number of hydrogen-bond donors (Lipinski definition) is 0. The summed E-state index contributed by atoms with van der Waals surface area (Å²) in [4.78, 5) is 32.6. The lowest BCUT2D eigenvalue weighted by Gasteiger charge is -2.37. The quantitative estimate of drug-likeness (QED) is 0.480. The van der Waals surface area contributed by atoms with Gasteiger partial charge in [-0.3, -0.25) is 19.4 Å². The van der Waals surface area contributed by atoms with Gasteiger partial charge in [-0.25, -0.2) is 0 Å². The maximum atomic E-state index is 13.4. The Balaban J connectivity index is 1.27. The van der Waals surface area contributed by atoms with E-state index in [1.165, 1.54) is 10.5 Å². The second kappa shape index (κ2) is 9.92. The van der Waals surface area contributed by atoms with Crippen LogP contribution < -0.4 is 9.64 Å². The number of amides is 2. The lowest BCUT2D eigenvalue weighted by atomic mass is 10.0. The largest absolute Gasteiger partial charge is 0.497 e. The van der Waals surface area contributed by atoms with Crippen LogP contribution in [0.5, 0.6) is 5.75 Å². The third-order valence-corrected chi connectivity index (χ3v) is 7.09. The molecule has 1 saturated heterocycles. The molecule has 1 fully saturated rings. The van der Waals surface area contributed by atoms with Gasteiger partial charge in [0.1, 0.15) is 5.75 Å². The Bertz CT molecular complexity index is 1200. The fraction of sp³-hybridized carbons (Fsp3) is 0.310. The van der Waals surface area contributed by atoms with Crippen LogP contribution in [0.15, 0.2) is 72.8 Å². The van der Waals surface area contributed by atoms with Crippen LogP contribution in [0.25, 0.3) is 0 Å². The molecule has 5 rings (SSSR count). The highest BCUT2D eigenvalue weighted by molar-refractivity contribution is 6.23. The van der Waals surface area contributed by atoms with Gasteiger partial charge in [0.2, 0.25) is 0 Å². The van der Waals surface area contributed by atoms with E-state index in [1.54, 1.807) is 13.2 Å².